The zero-order valence-electron chi connectivity index (χ0n) is 13.9. The topological polar surface area (TPSA) is 190 Å². The zero-order chi connectivity index (χ0) is 19.9. The molecule has 0 unspecified atom stereocenters. The Hall–Kier alpha value is -1.28. The van der Waals surface area contributed by atoms with Crippen molar-refractivity contribution < 1.29 is 55.1 Å². The molecule has 8 atom stereocenters. The summed E-state index contributed by atoms with van der Waals surface area (Å²) in [5.41, 5.74) is 0. The van der Waals surface area contributed by atoms with Crippen LogP contribution in [0.3, 0.4) is 0 Å². The Morgan fingerprint density at radius 1 is 1.19 bits per heavy atom. The first kappa shape index (κ1) is 22.8. The molecule has 11 heteroatoms. The molecule has 1 heterocycles. The highest BCUT2D eigenvalue weighted by atomic mass is 16.7. The Bertz CT molecular complexity index is 457. The first-order valence-corrected chi connectivity index (χ1v) is 7.82. The van der Waals surface area contributed by atoms with Crippen LogP contribution in [0.25, 0.3) is 0 Å². The van der Waals surface area contributed by atoms with Gasteiger partial charge in [-0.05, 0) is 0 Å². The smallest absolute Gasteiger partial charge is 0.187 e. The number of aliphatic hydroxyl groups is 8. The highest BCUT2D eigenvalue weighted by Crippen LogP contribution is 2.27. The minimum Gasteiger partial charge on any atom is -0.512 e. The van der Waals surface area contributed by atoms with Gasteiger partial charge in [-0.1, -0.05) is 6.08 Å². The molecule has 1 rings (SSSR count). The lowest BCUT2D eigenvalue weighted by atomic mass is 9.98. The summed E-state index contributed by atoms with van der Waals surface area (Å²) in [6, 6.07) is 0. The van der Waals surface area contributed by atoms with Crippen LogP contribution in [0.4, 0.5) is 0 Å². The van der Waals surface area contributed by atoms with Crippen LogP contribution in [0.2, 0.25) is 0 Å². The fraction of sp³-hybridized carbons (Fsp3) is 0.733. The van der Waals surface area contributed by atoms with Gasteiger partial charge in [-0.3, -0.25) is 0 Å². The van der Waals surface area contributed by atoms with E-state index in [0.717, 1.165) is 0 Å². The molecule has 1 aliphatic rings. The summed E-state index contributed by atoms with van der Waals surface area (Å²) in [5, 5.41) is 76.7. The second kappa shape index (κ2) is 10.8. The molecule has 11 nitrogen and oxygen atoms in total. The lowest BCUT2D eigenvalue weighted by molar-refractivity contribution is -0.328. The molecular formula is C15H26O11. The van der Waals surface area contributed by atoms with Gasteiger partial charge in [0, 0.05) is 0 Å². The van der Waals surface area contributed by atoms with Gasteiger partial charge in [0.05, 0.1) is 19.8 Å². The molecule has 0 bridgehead atoms. The van der Waals surface area contributed by atoms with Gasteiger partial charge in [0.25, 0.3) is 0 Å². The Labute approximate surface area is 149 Å². The minimum atomic E-state index is -1.97. The Morgan fingerprint density at radius 2 is 1.85 bits per heavy atom. The van der Waals surface area contributed by atoms with E-state index in [1.165, 1.54) is 6.08 Å². The first-order chi connectivity index (χ1) is 12.3. The molecular weight excluding hydrogens is 356 g/mol. The summed E-state index contributed by atoms with van der Waals surface area (Å²) in [4.78, 5) is 0. The van der Waals surface area contributed by atoms with Crippen molar-refractivity contribution in [2.24, 2.45) is 0 Å². The van der Waals surface area contributed by atoms with E-state index in [0.29, 0.717) is 0 Å². The van der Waals surface area contributed by atoms with E-state index >= 15 is 0 Å². The van der Waals surface area contributed by atoms with Crippen molar-refractivity contribution >= 4 is 0 Å². The van der Waals surface area contributed by atoms with E-state index in [1.54, 1.807) is 0 Å². The van der Waals surface area contributed by atoms with Crippen molar-refractivity contribution in [1.29, 1.82) is 0 Å². The lowest BCUT2D eigenvalue weighted by Gasteiger charge is -2.43. The predicted octanol–water partition coefficient (Wildman–Crippen LogP) is -2.95. The van der Waals surface area contributed by atoms with Crippen LogP contribution in [0.5, 0.6) is 0 Å². The Balaban J connectivity index is 3.02. The van der Waals surface area contributed by atoms with Crippen LogP contribution >= 0.6 is 0 Å². The first-order valence-electron chi connectivity index (χ1n) is 7.82. The van der Waals surface area contributed by atoms with Crippen LogP contribution in [0.1, 0.15) is 0 Å². The number of ether oxygens (including phenoxy) is 3. The maximum absolute atomic E-state index is 10.3. The van der Waals surface area contributed by atoms with Crippen molar-refractivity contribution in [1.82, 2.24) is 0 Å². The molecule has 1 aliphatic heterocycles. The van der Waals surface area contributed by atoms with Gasteiger partial charge in [-0.15, -0.1) is 6.58 Å². The van der Waals surface area contributed by atoms with E-state index in [1.807, 2.05) is 0 Å². The SMILES string of the molecule is C=CCO[C@H]1[C@@H](O)[C@@H](CO)O[C@@H](O[C@H]([C@H](O)CO)[C@H](O)/C(O)=C/O)[C@@H]1O. The monoisotopic (exact) mass is 382 g/mol. The molecule has 0 radical (unpaired) electrons. The van der Waals surface area contributed by atoms with Crippen LogP contribution in [-0.4, -0.2) is 110 Å². The molecule has 0 saturated carbocycles. The average Bonchev–Trinajstić information content (AvgIpc) is 2.65. The third kappa shape index (κ3) is 5.36. The molecule has 0 spiro atoms. The van der Waals surface area contributed by atoms with E-state index in [9.17, 15) is 30.6 Å². The Kier molecular flexibility index (Phi) is 9.43. The zero-order valence-corrected chi connectivity index (χ0v) is 13.9. The molecule has 0 aromatic rings. The third-order valence-corrected chi connectivity index (χ3v) is 3.83. The largest absolute Gasteiger partial charge is 0.512 e. The van der Waals surface area contributed by atoms with Crippen LogP contribution in [0, 0.1) is 0 Å². The van der Waals surface area contributed by atoms with Crippen molar-refractivity contribution in [3.05, 3.63) is 24.7 Å². The molecule has 0 amide bonds. The summed E-state index contributed by atoms with van der Waals surface area (Å²) in [5.74, 6) is -0.967. The Morgan fingerprint density at radius 3 is 2.35 bits per heavy atom. The molecule has 1 fully saturated rings. The highest BCUT2D eigenvalue weighted by Gasteiger charge is 2.47. The third-order valence-electron chi connectivity index (χ3n) is 3.83. The van der Waals surface area contributed by atoms with Gasteiger partial charge in [0.15, 0.2) is 12.0 Å². The van der Waals surface area contributed by atoms with Crippen LogP contribution in [-0.2, 0) is 14.2 Å². The van der Waals surface area contributed by atoms with E-state index in [2.05, 4.69) is 6.58 Å². The summed E-state index contributed by atoms with van der Waals surface area (Å²) in [7, 11) is 0. The summed E-state index contributed by atoms with van der Waals surface area (Å²) in [6.07, 6.45) is -11.0. The molecule has 8 N–H and O–H groups in total. The van der Waals surface area contributed by atoms with E-state index in [-0.39, 0.29) is 12.9 Å². The number of aliphatic hydroxyl groups excluding tert-OH is 8. The van der Waals surface area contributed by atoms with Gasteiger partial charge >= 0.3 is 0 Å². The maximum Gasteiger partial charge on any atom is 0.187 e. The van der Waals surface area contributed by atoms with Gasteiger partial charge in [-0.25, -0.2) is 0 Å². The average molecular weight is 382 g/mol. The van der Waals surface area contributed by atoms with Gasteiger partial charge < -0.3 is 55.1 Å². The molecule has 0 aromatic heterocycles. The standard InChI is InChI=1S/C15H26O11/c1-2-3-24-14-11(22)9(6-18)25-15(12(14)23)26-13(8(20)5-17)10(21)7(19)4-16/h2,4,8-23H,1,3,5-6H2/b7-4-/t8-,9-,10-,11+,12-,13-,14+,15+/m1/s1. The molecule has 0 aliphatic carbocycles. The van der Waals surface area contributed by atoms with Gasteiger partial charge in [-0.2, -0.15) is 0 Å². The molecule has 26 heavy (non-hydrogen) atoms. The highest BCUT2D eigenvalue weighted by molar-refractivity contribution is 5.00. The lowest BCUT2D eigenvalue weighted by Crippen LogP contribution is -2.61. The number of hydrogen-bond donors (Lipinski definition) is 8. The quantitative estimate of drug-likeness (QED) is 0.142. The van der Waals surface area contributed by atoms with Crippen LogP contribution < -0.4 is 0 Å². The van der Waals surface area contributed by atoms with Crippen LogP contribution in [0.15, 0.2) is 24.7 Å². The molecule has 0 aromatic carbocycles. The van der Waals surface area contributed by atoms with Gasteiger partial charge in [0.1, 0.15) is 49.0 Å². The normalized spacial score (nSPS) is 33.5. The summed E-state index contributed by atoms with van der Waals surface area (Å²) >= 11 is 0. The summed E-state index contributed by atoms with van der Waals surface area (Å²) in [6.45, 7) is 1.86. The number of hydrogen-bond acceptors (Lipinski definition) is 11. The maximum atomic E-state index is 10.3. The summed E-state index contributed by atoms with van der Waals surface area (Å²) < 4.78 is 15.7. The molecule has 1 saturated heterocycles. The van der Waals surface area contributed by atoms with Crippen molar-refractivity contribution in [2.75, 3.05) is 19.8 Å². The fourth-order valence-electron chi connectivity index (χ4n) is 2.42. The van der Waals surface area contributed by atoms with E-state index in [4.69, 9.17) is 24.4 Å². The van der Waals surface area contributed by atoms with Gasteiger partial charge in [0.2, 0.25) is 0 Å². The predicted molar refractivity (Wildman–Crippen MR) is 85.0 cm³/mol. The second-order valence-electron chi connectivity index (χ2n) is 5.64. The molecule has 152 valence electrons. The second-order valence-corrected chi connectivity index (χ2v) is 5.64. The van der Waals surface area contributed by atoms with Crippen molar-refractivity contribution in [3.63, 3.8) is 0 Å². The number of rotatable bonds is 10. The van der Waals surface area contributed by atoms with Crippen molar-refractivity contribution in [2.45, 2.75) is 49.0 Å². The van der Waals surface area contributed by atoms with Crippen molar-refractivity contribution in [3.8, 4) is 0 Å². The fourth-order valence-corrected chi connectivity index (χ4v) is 2.42. The van der Waals surface area contributed by atoms with E-state index < -0.39 is 68.0 Å². The minimum absolute atomic E-state index is 0.0387.